The maximum absolute atomic E-state index is 13.1. The van der Waals surface area contributed by atoms with E-state index in [-0.39, 0.29) is 16.8 Å². The Morgan fingerprint density at radius 2 is 1.65 bits per heavy atom. The molecule has 0 unspecified atom stereocenters. The standard InChI is InChI=1S/C25H26N2O3S/c1-2-27(21-11-4-3-5-12-21)31(29,30)22-17-15-20(16-18-22)25(28)26-24-14-8-10-19-9-6-7-13-23(19)24/h3-7,9,11-13,15-18,24H,2,8,10,14H2,1H3,(H,26,28)/t24-/m1/s1. The van der Waals surface area contributed by atoms with E-state index >= 15 is 0 Å². The van der Waals surface area contributed by atoms with E-state index in [9.17, 15) is 13.2 Å². The highest BCUT2D eigenvalue weighted by Gasteiger charge is 2.25. The number of nitrogens with one attached hydrogen (secondary N) is 1. The third-order valence-corrected chi connectivity index (χ3v) is 7.63. The number of carbonyl (C=O) groups is 1. The van der Waals surface area contributed by atoms with Crippen LogP contribution in [0.4, 0.5) is 5.69 Å². The highest BCUT2D eigenvalue weighted by molar-refractivity contribution is 7.92. The molecular weight excluding hydrogens is 408 g/mol. The lowest BCUT2D eigenvalue weighted by Crippen LogP contribution is -2.31. The summed E-state index contributed by atoms with van der Waals surface area (Å²) in [5.41, 5.74) is 3.51. The molecule has 0 spiro atoms. The van der Waals surface area contributed by atoms with Crippen LogP contribution in [0.2, 0.25) is 0 Å². The number of hydrogen-bond donors (Lipinski definition) is 1. The van der Waals surface area contributed by atoms with Gasteiger partial charge >= 0.3 is 0 Å². The van der Waals surface area contributed by atoms with Gasteiger partial charge in [0.05, 0.1) is 16.6 Å². The predicted octanol–water partition coefficient (Wildman–Crippen LogP) is 4.71. The van der Waals surface area contributed by atoms with Crippen molar-refractivity contribution in [2.75, 3.05) is 10.8 Å². The van der Waals surface area contributed by atoms with E-state index in [2.05, 4.69) is 17.4 Å². The van der Waals surface area contributed by atoms with Gasteiger partial charge in [0.15, 0.2) is 0 Å². The Labute approximate surface area is 183 Å². The van der Waals surface area contributed by atoms with Crippen molar-refractivity contribution < 1.29 is 13.2 Å². The van der Waals surface area contributed by atoms with Gasteiger partial charge in [-0.25, -0.2) is 8.42 Å². The van der Waals surface area contributed by atoms with E-state index in [0.717, 1.165) is 19.3 Å². The van der Waals surface area contributed by atoms with Gasteiger partial charge in [0.25, 0.3) is 15.9 Å². The zero-order valence-corrected chi connectivity index (χ0v) is 18.3. The second-order valence-corrected chi connectivity index (χ2v) is 9.51. The molecule has 0 radical (unpaired) electrons. The third-order valence-electron chi connectivity index (χ3n) is 5.71. The Kier molecular flexibility index (Phi) is 6.09. The van der Waals surface area contributed by atoms with Gasteiger partial charge in [-0.2, -0.15) is 0 Å². The minimum Gasteiger partial charge on any atom is -0.345 e. The molecule has 0 bridgehead atoms. The zero-order chi connectivity index (χ0) is 21.8. The van der Waals surface area contributed by atoms with Crippen molar-refractivity contribution in [1.82, 2.24) is 5.32 Å². The predicted molar refractivity (Wildman–Crippen MR) is 123 cm³/mol. The maximum Gasteiger partial charge on any atom is 0.264 e. The van der Waals surface area contributed by atoms with Crippen LogP contribution in [-0.2, 0) is 16.4 Å². The number of fused-ring (bicyclic) bond motifs is 1. The molecular formula is C25H26N2O3S. The van der Waals surface area contributed by atoms with Crippen molar-refractivity contribution in [3.05, 3.63) is 95.6 Å². The van der Waals surface area contributed by atoms with Crippen LogP contribution in [0.15, 0.2) is 83.8 Å². The number of aryl methyl sites for hydroxylation is 1. The molecule has 1 aliphatic carbocycles. The van der Waals surface area contributed by atoms with Crippen molar-refractivity contribution in [2.24, 2.45) is 0 Å². The van der Waals surface area contributed by atoms with Gasteiger partial charge in [0, 0.05) is 12.1 Å². The number of para-hydroxylation sites is 1. The van der Waals surface area contributed by atoms with Crippen LogP contribution < -0.4 is 9.62 Å². The number of rotatable bonds is 6. The second kappa shape index (κ2) is 8.94. The maximum atomic E-state index is 13.1. The lowest BCUT2D eigenvalue weighted by molar-refractivity contribution is 0.0932. The molecule has 4 rings (SSSR count). The van der Waals surface area contributed by atoms with Crippen LogP contribution >= 0.6 is 0 Å². The van der Waals surface area contributed by atoms with E-state index in [1.807, 2.05) is 30.3 Å². The summed E-state index contributed by atoms with van der Waals surface area (Å²) < 4.78 is 27.6. The first-order valence-electron chi connectivity index (χ1n) is 10.6. The molecule has 0 saturated carbocycles. The van der Waals surface area contributed by atoms with Gasteiger partial charge in [-0.1, -0.05) is 42.5 Å². The van der Waals surface area contributed by atoms with Crippen LogP contribution in [0.25, 0.3) is 0 Å². The summed E-state index contributed by atoms with van der Waals surface area (Å²) in [6.07, 6.45) is 2.97. The molecule has 0 aromatic heterocycles. The van der Waals surface area contributed by atoms with Crippen molar-refractivity contribution in [3.8, 4) is 0 Å². The molecule has 160 valence electrons. The van der Waals surface area contributed by atoms with Gasteiger partial charge in [-0.15, -0.1) is 0 Å². The number of sulfonamides is 1. The molecule has 3 aromatic rings. The fourth-order valence-electron chi connectivity index (χ4n) is 4.14. The average Bonchev–Trinajstić information content (AvgIpc) is 2.80. The van der Waals surface area contributed by atoms with Gasteiger partial charge in [-0.05, 0) is 73.7 Å². The van der Waals surface area contributed by atoms with E-state index in [0.29, 0.717) is 17.8 Å². The summed E-state index contributed by atoms with van der Waals surface area (Å²) in [6.45, 7) is 2.12. The molecule has 1 atom stereocenters. The first-order chi connectivity index (χ1) is 15.0. The Morgan fingerprint density at radius 3 is 2.35 bits per heavy atom. The molecule has 31 heavy (non-hydrogen) atoms. The Balaban J connectivity index is 1.52. The lowest BCUT2D eigenvalue weighted by atomic mass is 9.87. The van der Waals surface area contributed by atoms with Crippen molar-refractivity contribution >= 4 is 21.6 Å². The molecule has 1 N–H and O–H groups in total. The monoisotopic (exact) mass is 434 g/mol. The normalized spacial score (nSPS) is 15.7. The molecule has 0 saturated heterocycles. The van der Waals surface area contributed by atoms with E-state index in [1.54, 1.807) is 31.2 Å². The topological polar surface area (TPSA) is 66.5 Å². The van der Waals surface area contributed by atoms with Gasteiger partial charge in [0.1, 0.15) is 0 Å². The second-order valence-electron chi connectivity index (χ2n) is 7.65. The first kappa shape index (κ1) is 21.1. The molecule has 0 aliphatic heterocycles. The SMILES string of the molecule is CCN(c1ccccc1)S(=O)(=O)c1ccc(C(=O)N[C@@H]2CCCc3ccccc32)cc1. The number of carbonyl (C=O) groups excluding carboxylic acids is 1. The zero-order valence-electron chi connectivity index (χ0n) is 17.5. The molecule has 6 heteroatoms. The smallest absolute Gasteiger partial charge is 0.264 e. The van der Waals surface area contributed by atoms with E-state index in [1.165, 1.54) is 27.6 Å². The van der Waals surface area contributed by atoms with Crippen molar-refractivity contribution in [2.45, 2.75) is 37.1 Å². The summed E-state index contributed by atoms with van der Waals surface area (Å²) in [6, 6.07) is 23.4. The van der Waals surface area contributed by atoms with Crippen LogP contribution in [0.5, 0.6) is 0 Å². The van der Waals surface area contributed by atoms with E-state index in [4.69, 9.17) is 0 Å². The first-order valence-corrected chi connectivity index (χ1v) is 12.0. The van der Waals surface area contributed by atoms with Crippen LogP contribution in [-0.4, -0.2) is 20.9 Å². The van der Waals surface area contributed by atoms with Crippen LogP contribution in [0.3, 0.4) is 0 Å². The Morgan fingerprint density at radius 1 is 0.968 bits per heavy atom. The summed E-state index contributed by atoms with van der Waals surface area (Å²) in [4.78, 5) is 13.0. The summed E-state index contributed by atoms with van der Waals surface area (Å²) >= 11 is 0. The van der Waals surface area contributed by atoms with Crippen LogP contribution in [0.1, 0.15) is 47.3 Å². The largest absolute Gasteiger partial charge is 0.345 e. The number of hydrogen-bond acceptors (Lipinski definition) is 3. The molecule has 1 aliphatic rings. The highest BCUT2D eigenvalue weighted by atomic mass is 32.2. The van der Waals surface area contributed by atoms with Gasteiger partial charge < -0.3 is 5.32 Å². The lowest BCUT2D eigenvalue weighted by Gasteiger charge is -2.26. The van der Waals surface area contributed by atoms with Crippen molar-refractivity contribution in [3.63, 3.8) is 0 Å². The highest BCUT2D eigenvalue weighted by Crippen LogP contribution is 2.30. The fraction of sp³-hybridized carbons (Fsp3) is 0.240. The van der Waals surface area contributed by atoms with E-state index < -0.39 is 10.0 Å². The molecule has 0 heterocycles. The van der Waals surface area contributed by atoms with Crippen LogP contribution in [0, 0.1) is 0 Å². The van der Waals surface area contributed by atoms with Crippen molar-refractivity contribution in [1.29, 1.82) is 0 Å². The Hall–Kier alpha value is -3.12. The van der Waals surface area contributed by atoms with Gasteiger partial charge in [0.2, 0.25) is 0 Å². The average molecular weight is 435 g/mol. The molecule has 1 amide bonds. The molecule has 5 nitrogen and oxygen atoms in total. The number of amides is 1. The third kappa shape index (κ3) is 4.35. The summed E-state index contributed by atoms with van der Waals surface area (Å²) in [5.74, 6) is -0.193. The summed E-state index contributed by atoms with van der Waals surface area (Å²) in [7, 11) is -3.71. The number of nitrogens with zero attached hydrogens (tertiary/aromatic N) is 1. The summed E-state index contributed by atoms with van der Waals surface area (Å²) in [5, 5.41) is 3.11. The number of benzene rings is 3. The fourth-order valence-corrected chi connectivity index (χ4v) is 5.61. The molecule has 0 fully saturated rings. The molecule has 3 aromatic carbocycles. The Bertz CT molecular complexity index is 1160. The van der Waals surface area contributed by atoms with Gasteiger partial charge in [-0.3, -0.25) is 9.10 Å². The minimum atomic E-state index is -3.71. The minimum absolute atomic E-state index is 0.0190. The quantitative estimate of drug-likeness (QED) is 0.611. The number of anilines is 1.